The third-order valence-corrected chi connectivity index (χ3v) is 3.58. The third-order valence-electron chi connectivity index (χ3n) is 3.38. The van der Waals surface area contributed by atoms with Crippen LogP contribution in [0.4, 0.5) is 5.69 Å². The second-order valence-electron chi connectivity index (χ2n) is 4.91. The first-order valence-corrected chi connectivity index (χ1v) is 7.18. The maximum atomic E-state index is 5.33. The number of benzene rings is 1. The van der Waals surface area contributed by atoms with Crippen molar-refractivity contribution in [3.05, 3.63) is 29.8 Å². The van der Waals surface area contributed by atoms with Crippen molar-refractivity contribution < 1.29 is 0 Å². The lowest BCUT2D eigenvalue weighted by Gasteiger charge is -2.33. The molecule has 1 aliphatic rings. The number of anilines is 1. The van der Waals surface area contributed by atoms with Gasteiger partial charge < -0.3 is 10.2 Å². The molecule has 1 aliphatic heterocycles. The van der Waals surface area contributed by atoms with Crippen LogP contribution < -0.4 is 10.7 Å². The molecule has 2 rings (SSSR count). The van der Waals surface area contributed by atoms with Crippen molar-refractivity contribution in [2.75, 3.05) is 38.5 Å². The van der Waals surface area contributed by atoms with Crippen molar-refractivity contribution >= 4 is 23.0 Å². The molecule has 2 N–H and O–H groups in total. The molecule has 0 bridgehead atoms. The molecule has 1 fully saturated rings. The average Bonchev–Trinajstić information content (AvgIpc) is 2.42. The van der Waals surface area contributed by atoms with Crippen molar-refractivity contribution in [3.8, 4) is 0 Å². The van der Waals surface area contributed by atoms with Gasteiger partial charge in [0.25, 0.3) is 0 Å². The van der Waals surface area contributed by atoms with Gasteiger partial charge in [-0.25, -0.2) is 5.01 Å². The van der Waals surface area contributed by atoms with Crippen molar-refractivity contribution in [2.24, 2.45) is 0 Å². The van der Waals surface area contributed by atoms with E-state index in [1.807, 2.05) is 0 Å². The van der Waals surface area contributed by atoms with E-state index < -0.39 is 0 Å². The van der Waals surface area contributed by atoms with Crippen LogP contribution in [0.15, 0.2) is 24.3 Å². The highest BCUT2D eigenvalue weighted by molar-refractivity contribution is 7.80. The first kappa shape index (κ1) is 14.2. The highest BCUT2D eigenvalue weighted by Gasteiger charge is 2.14. The van der Waals surface area contributed by atoms with Gasteiger partial charge in [-0.05, 0) is 43.4 Å². The minimum Gasteiger partial charge on any atom is -0.332 e. The number of aryl methyl sites for hydroxylation is 1. The molecule has 104 valence electrons. The van der Waals surface area contributed by atoms with Gasteiger partial charge in [0.05, 0.1) is 0 Å². The SMILES string of the molecule is CCc1ccc(NC(=S)NN2CCN(C)CC2)cc1. The molecule has 0 atom stereocenters. The van der Waals surface area contributed by atoms with Gasteiger partial charge >= 0.3 is 0 Å². The summed E-state index contributed by atoms with van der Waals surface area (Å²) in [5, 5.41) is 6.04. The number of rotatable bonds is 3. The summed E-state index contributed by atoms with van der Waals surface area (Å²) >= 11 is 5.33. The fourth-order valence-electron chi connectivity index (χ4n) is 2.04. The van der Waals surface area contributed by atoms with Crippen LogP contribution in [0.2, 0.25) is 0 Å². The molecule has 0 aliphatic carbocycles. The van der Waals surface area contributed by atoms with Crippen LogP contribution in [-0.2, 0) is 6.42 Å². The molecule has 5 heteroatoms. The highest BCUT2D eigenvalue weighted by atomic mass is 32.1. The third kappa shape index (κ3) is 4.45. The largest absolute Gasteiger partial charge is 0.332 e. The highest BCUT2D eigenvalue weighted by Crippen LogP contribution is 2.09. The van der Waals surface area contributed by atoms with Gasteiger partial charge in [-0.1, -0.05) is 19.1 Å². The number of hydrazine groups is 1. The molecule has 4 nitrogen and oxygen atoms in total. The van der Waals surface area contributed by atoms with E-state index in [0.717, 1.165) is 38.3 Å². The molecule has 19 heavy (non-hydrogen) atoms. The second-order valence-corrected chi connectivity index (χ2v) is 5.31. The normalized spacial score (nSPS) is 17.2. The maximum absolute atomic E-state index is 5.33. The molecule has 1 aromatic carbocycles. The van der Waals surface area contributed by atoms with Crippen molar-refractivity contribution in [1.29, 1.82) is 0 Å². The van der Waals surface area contributed by atoms with E-state index in [1.54, 1.807) is 0 Å². The van der Waals surface area contributed by atoms with E-state index in [0.29, 0.717) is 5.11 Å². The van der Waals surface area contributed by atoms with Gasteiger partial charge in [0.1, 0.15) is 0 Å². The summed E-state index contributed by atoms with van der Waals surface area (Å²) in [5.41, 5.74) is 5.61. The Kier molecular flexibility index (Phi) is 5.13. The van der Waals surface area contributed by atoms with Gasteiger partial charge in [0.2, 0.25) is 0 Å². The summed E-state index contributed by atoms with van der Waals surface area (Å²) in [6.07, 6.45) is 1.06. The fraction of sp³-hybridized carbons (Fsp3) is 0.500. The molecular weight excluding hydrogens is 256 g/mol. The first-order valence-electron chi connectivity index (χ1n) is 6.77. The van der Waals surface area contributed by atoms with Gasteiger partial charge in [0.15, 0.2) is 5.11 Å². The monoisotopic (exact) mass is 278 g/mol. The predicted octanol–water partition coefficient (Wildman–Crippen LogP) is 1.70. The summed E-state index contributed by atoms with van der Waals surface area (Å²) in [4.78, 5) is 2.32. The Morgan fingerprint density at radius 3 is 2.37 bits per heavy atom. The Labute approximate surface area is 120 Å². The molecule has 1 heterocycles. The van der Waals surface area contributed by atoms with Gasteiger partial charge in [0, 0.05) is 31.9 Å². The molecule has 1 aromatic rings. The Balaban J connectivity index is 1.80. The van der Waals surface area contributed by atoms with E-state index in [9.17, 15) is 0 Å². The van der Waals surface area contributed by atoms with Gasteiger partial charge in [-0.2, -0.15) is 0 Å². The second kappa shape index (κ2) is 6.84. The first-order chi connectivity index (χ1) is 9.17. The van der Waals surface area contributed by atoms with Crippen LogP contribution in [0, 0.1) is 0 Å². The minimum absolute atomic E-state index is 0.661. The molecular formula is C14H22N4S. The molecule has 0 aromatic heterocycles. The molecule has 0 saturated carbocycles. The Morgan fingerprint density at radius 1 is 1.16 bits per heavy atom. The number of nitrogens with zero attached hydrogens (tertiary/aromatic N) is 2. The summed E-state index contributed by atoms with van der Waals surface area (Å²) in [5.74, 6) is 0. The van der Waals surface area contributed by atoms with E-state index >= 15 is 0 Å². The lowest BCUT2D eigenvalue weighted by molar-refractivity contribution is 0.131. The number of hydrogen-bond acceptors (Lipinski definition) is 3. The van der Waals surface area contributed by atoms with Gasteiger partial charge in [-0.3, -0.25) is 5.43 Å². The molecule has 0 spiro atoms. The topological polar surface area (TPSA) is 30.5 Å². The quantitative estimate of drug-likeness (QED) is 0.822. The van der Waals surface area contributed by atoms with E-state index in [1.165, 1.54) is 5.56 Å². The van der Waals surface area contributed by atoms with E-state index in [2.05, 4.69) is 58.9 Å². The summed E-state index contributed by atoms with van der Waals surface area (Å²) in [7, 11) is 2.14. The van der Waals surface area contributed by atoms with Crippen molar-refractivity contribution in [2.45, 2.75) is 13.3 Å². The average molecular weight is 278 g/mol. The van der Waals surface area contributed by atoms with Crippen LogP contribution >= 0.6 is 12.2 Å². The summed E-state index contributed by atoms with van der Waals surface area (Å²) < 4.78 is 0. The van der Waals surface area contributed by atoms with Crippen molar-refractivity contribution in [3.63, 3.8) is 0 Å². The minimum atomic E-state index is 0.661. The fourth-order valence-corrected chi connectivity index (χ4v) is 2.29. The zero-order chi connectivity index (χ0) is 13.7. The zero-order valence-electron chi connectivity index (χ0n) is 11.6. The Morgan fingerprint density at radius 2 is 1.79 bits per heavy atom. The predicted molar refractivity (Wildman–Crippen MR) is 84.2 cm³/mol. The van der Waals surface area contributed by atoms with Crippen LogP contribution in [0.1, 0.15) is 12.5 Å². The van der Waals surface area contributed by atoms with Crippen LogP contribution in [0.25, 0.3) is 0 Å². The maximum Gasteiger partial charge on any atom is 0.185 e. The van der Waals surface area contributed by atoms with Crippen LogP contribution in [-0.4, -0.2) is 48.2 Å². The van der Waals surface area contributed by atoms with E-state index in [4.69, 9.17) is 12.2 Å². The van der Waals surface area contributed by atoms with Crippen molar-refractivity contribution in [1.82, 2.24) is 15.3 Å². The molecule has 1 saturated heterocycles. The van der Waals surface area contributed by atoms with Crippen LogP contribution in [0.5, 0.6) is 0 Å². The number of hydrogen-bond donors (Lipinski definition) is 2. The zero-order valence-corrected chi connectivity index (χ0v) is 12.5. The standard InChI is InChI=1S/C14H22N4S/c1-3-12-4-6-13(7-5-12)15-14(19)16-18-10-8-17(2)9-11-18/h4-7H,3,8-11H2,1-2H3,(H2,15,16,19). The smallest absolute Gasteiger partial charge is 0.185 e. The van der Waals surface area contributed by atoms with Gasteiger partial charge in [-0.15, -0.1) is 0 Å². The van der Waals surface area contributed by atoms with Crippen LogP contribution in [0.3, 0.4) is 0 Å². The van der Waals surface area contributed by atoms with E-state index in [-0.39, 0.29) is 0 Å². The summed E-state index contributed by atoms with van der Waals surface area (Å²) in [6, 6.07) is 8.38. The number of piperazine rings is 1. The number of likely N-dealkylation sites (N-methyl/N-ethyl adjacent to an activating group) is 1. The number of thiocarbonyl (C=S) groups is 1. The number of nitrogens with one attached hydrogen (secondary N) is 2. The summed E-state index contributed by atoms with van der Waals surface area (Å²) in [6.45, 7) is 6.28. The molecule has 0 radical (unpaired) electrons. The Bertz CT molecular complexity index is 410. The molecule has 0 amide bonds. The molecule has 0 unspecified atom stereocenters. The Hall–Kier alpha value is -1.17. The lowest BCUT2D eigenvalue weighted by Crippen LogP contribution is -2.53. The lowest BCUT2D eigenvalue weighted by atomic mass is 10.1.